The van der Waals surface area contributed by atoms with Gasteiger partial charge in [0.2, 0.25) is 5.91 Å². The molecule has 0 aromatic heterocycles. The molecule has 25 heavy (non-hydrogen) atoms. The molecule has 136 valence electrons. The summed E-state index contributed by atoms with van der Waals surface area (Å²) < 4.78 is 0. The SMILES string of the molecule is Cc1cccc(C(C)(C)C(=O)N[C@@H]2CCC3C[C@@]4(O)CC3CC2C4)c1. The maximum Gasteiger partial charge on any atom is 0.230 e. The molecular weight excluding hydrogens is 310 g/mol. The Kier molecular flexibility index (Phi) is 3.99. The molecule has 0 radical (unpaired) electrons. The molecule has 5 atom stereocenters. The van der Waals surface area contributed by atoms with Gasteiger partial charge < -0.3 is 10.4 Å². The van der Waals surface area contributed by atoms with Gasteiger partial charge in [-0.25, -0.2) is 0 Å². The summed E-state index contributed by atoms with van der Waals surface area (Å²) in [6.07, 6.45) is 6.25. The van der Waals surface area contributed by atoms with Crippen LogP contribution in [0.25, 0.3) is 0 Å². The molecule has 3 nitrogen and oxygen atoms in total. The topological polar surface area (TPSA) is 49.3 Å². The number of rotatable bonds is 3. The fraction of sp³-hybridized carbons (Fsp3) is 0.682. The lowest BCUT2D eigenvalue weighted by Gasteiger charge is -2.39. The Labute approximate surface area is 151 Å². The molecule has 0 heterocycles. The van der Waals surface area contributed by atoms with Gasteiger partial charge in [0.25, 0.3) is 0 Å². The second-order valence-electron chi connectivity index (χ2n) is 9.50. The highest BCUT2D eigenvalue weighted by Gasteiger charge is 2.53. The van der Waals surface area contributed by atoms with Crippen LogP contribution in [0.4, 0.5) is 0 Å². The number of carbonyl (C=O) groups excluding carboxylic acids is 1. The molecule has 3 saturated carbocycles. The maximum atomic E-state index is 13.1. The summed E-state index contributed by atoms with van der Waals surface area (Å²) in [6, 6.07) is 8.48. The Morgan fingerprint density at radius 1 is 1.16 bits per heavy atom. The van der Waals surface area contributed by atoms with Crippen LogP contribution in [0.2, 0.25) is 0 Å². The van der Waals surface area contributed by atoms with Crippen LogP contribution in [-0.4, -0.2) is 22.7 Å². The molecule has 1 aromatic carbocycles. The molecule has 3 heteroatoms. The highest BCUT2D eigenvalue weighted by atomic mass is 16.3. The van der Waals surface area contributed by atoms with Crippen molar-refractivity contribution in [3.63, 3.8) is 0 Å². The van der Waals surface area contributed by atoms with E-state index in [2.05, 4.69) is 24.4 Å². The van der Waals surface area contributed by atoms with Gasteiger partial charge >= 0.3 is 0 Å². The minimum absolute atomic E-state index is 0.118. The predicted molar refractivity (Wildman–Crippen MR) is 99.3 cm³/mol. The Morgan fingerprint density at radius 2 is 1.88 bits per heavy atom. The van der Waals surface area contributed by atoms with E-state index in [1.54, 1.807) is 0 Å². The summed E-state index contributed by atoms with van der Waals surface area (Å²) in [4.78, 5) is 13.1. The van der Waals surface area contributed by atoms with Gasteiger partial charge in [-0.1, -0.05) is 29.8 Å². The normalized spacial score (nSPS) is 37.0. The molecular formula is C22H31NO2. The van der Waals surface area contributed by atoms with Gasteiger partial charge in [-0.3, -0.25) is 4.79 Å². The highest BCUT2D eigenvalue weighted by molar-refractivity contribution is 5.87. The lowest BCUT2D eigenvalue weighted by Crippen LogP contribution is -2.50. The number of fused-ring (bicyclic) bond motifs is 2. The second kappa shape index (κ2) is 5.84. The molecule has 0 aliphatic heterocycles. The minimum Gasteiger partial charge on any atom is -0.390 e. The van der Waals surface area contributed by atoms with E-state index in [-0.39, 0.29) is 11.9 Å². The van der Waals surface area contributed by atoms with Crippen molar-refractivity contribution in [3.05, 3.63) is 35.4 Å². The van der Waals surface area contributed by atoms with E-state index in [9.17, 15) is 9.90 Å². The number of aryl methyl sites for hydroxylation is 1. The molecule has 0 saturated heterocycles. The average Bonchev–Trinajstić information content (AvgIpc) is 2.71. The number of nitrogens with one attached hydrogen (secondary N) is 1. The van der Waals surface area contributed by atoms with Crippen molar-refractivity contribution >= 4 is 5.91 Å². The van der Waals surface area contributed by atoms with Crippen LogP contribution in [0.5, 0.6) is 0 Å². The number of aliphatic hydroxyl groups is 1. The zero-order valence-corrected chi connectivity index (χ0v) is 15.7. The first-order valence-corrected chi connectivity index (χ1v) is 9.87. The molecule has 1 aromatic rings. The van der Waals surface area contributed by atoms with Crippen molar-refractivity contribution < 1.29 is 9.90 Å². The van der Waals surface area contributed by atoms with E-state index >= 15 is 0 Å². The monoisotopic (exact) mass is 341 g/mol. The third kappa shape index (κ3) is 3.01. The van der Waals surface area contributed by atoms with Crippen LogP contribution in [0.1, 0.15) is 63.5 Å². The van der Waals surface area contributed by atoms with Crippen molar-refractivity contribution in [3.8, 4) is 0 Å². The molecule has 3 aliphatic rings. The van der Waals surface area contributed by atoms with Gasteiger partial charge in [-0.15, -0.1) is 0 Å². The van der Waals surface area contributed by atoms with Crippen LogP contribution in [0, 0.1) is 24.7 Å². The molecule has 4 rings (SSSR count). The van der Waals surface area contributed by atoms with E-state index in [1.807, 2.05) is 26.0 Å². The fourth-order valence-corrected chi connectivity index (χ4v) is 5.77. The Hall–Kier alpha value is -1.35. The Morgan fingerprint density at radius 3 is 2.64 bits per heavy atom. The van der Waals surface area contributed by atoms with Crippen LogP contribution in [-0.2, 0) is 10.2 Å². The summed E-state index contributed by atoms with van der Waals surface area (Å²) in [5, 5.41) is 14.2. The lowest BCUT2D eigenvalue weighted by atomic mass is 9.74. The van der Waals surface area contributed by atoms with Crippen LogP contribution in [0.3, 0.4) is 0 Å². The number of benzene rings is 1. The second-order valence-corrected chi connectivity index (χ2v) is 9.50. The quantitative estimate of drug-likeness (QED) is 0.880. The molecule has 0 spiro atoms. The van der Waals surface area contributed by atoms with Gasteiger partial charge in [-0.2, -0.15) is 0 Å². The van der Waals surface area contributed by atoms with E-state index in [1.165, 1.54) is 12.0 Å². The minimum atomic E-state index is -0.536. The Bertz CT molecular complexity index is 682. The molecule has 3 unspecified atom stereocenters. The molecule has 1 amide bonds. The van der Waals surface area contributed by atoms with E-state index in [0.717, 1.165) is 37.7 Å². The Balaban J connectivity index is 1.51. The number of amides is 1. The van der Waals surface area contributed by atoms with Gasteiger partial charge in [0.15, 0.2) is 0 Å². The van der Waals surface area contributed by atoms with Crippen molar-refractivity contribution in [1.29, 1.82) is 0 Å². The third-order valence-corrected chi connectivity index (χ3v) is 7.24. The van der Waals surface area contributed by atoms with Gasteiger partial charge in [0, 0.05) is 6.04 Å². The zero-order chi connectivity index (χ0) is 17.8. The number of carbonyl (C=O) groups is 1. The van der Waals surface area contributed by atoms with Crippen molar-refractivity contribution in [2.45, 2.75) is 76.4 Å². The zero-order valence-electron chi connectivity index (χ0n) is 15.7. The van der Waals surface area contributed by atoms with Crippen LogP contribution in [0.15, 0.2) is 24.3 Å². The lowest BCUT2D eigenvalue weighted by molar-refractivity contribution is -0.127. The summed E-state index contributed by atoms with van der Waals surface area (Å²) in [6.45, 7) is 6.10. The summed E-state index contributed by atoms with van der Waals surface area (Å²) >= 11 is 0. The van der Waals surface area contributed by atoms with Crippen LogP contribution < -0.4 is 5.32 Å². The van der Waals surface area contributed by atoms with Gasteiger partial charge in [0.05, 0.1) is 11.0 Å². The van der Waals surface area contributed by atoms with Crippen LogP contribution >= 0.6 is 0 Å². The molecule has 3 aliphatic carbocycles. The number of hydrogen-bond acceptors (Lipinski definition) is 2. The first kappa shape index (κ1) is 17.1. The molecule has 2 N–H and O–H groups in total. The smallest absolute Gasteiger partial charge is 0.230 e. The van der Waals surface area contributed by atoms with Crippen molar-refractivity contribution in [1.82, 2.24) is 5.32 Å². The standard InChI is InChI=1S/C22H31NO2/c1-14-5-4-6-18(9-14)21(2,3)20(24)23-19-8-7-15-11-22(25)12-16(15)10-17(19)13-22/h4-6,9,15-17,19,25H,7-8,10-13H2,1-3H3,(H,23,24)/t15?,16?,17?,19-,22-/m1/s1. The number of hydrogen-bond donors (Lipinski definition) is 2. The molecule has 3 bridgehead atoms. The first-order valence-electron chi connectivity index (χ1n) is 9.87. The molecule has 3 fully saturated rings. The summed E-state index contributed by atoms with van der Waals surface area (Å²) in [5.41, 5.74) is 1.27. The average molecular weight is 341 g/mol. The van der Waals surface area contributed by atoms with Gasteiger partial charge in [0.1, 0.15) is 0 Å². The first-order chi connectivity index (χ1) is 11.8. The fourth-order valence-electron chi connectivity index (χ4n) is 5.77. The van der Waals surface area contributed by atoms with E-state index in [4.69, 9.17) is 0 Å². The summed E-state index contributed by atoms with van der Waals surface area (Å²) in [7, 11) is 0. The largest absolute Gasteiger partial charge is 0.390 e. The predicted octanol–water partition coefficient (Wildman–Crippen LogP) is 3.72. The maximum absolute atomic E-state index is 13.1. The summed E-state index contributed by atoms with van der Waals surface area (Å²) in [5.74, 6) is 1.90. The van der Waals surface area contributed by atoms with Gasteiger partial charge in [-0.05, 0) is 82.6 Å². The highest BCUT2D eigenvalue weighted by Crippen LogP contribution is 2.55. The van der Waals surface area contributed by atoms with Crippen molar-refractivity contribution in [2.75, 3.05) is 0 Å². The van der Waals surface area contributed by atoms with E-state index in [0.29, 0.717) is 17.8 Å². The van der Waals surface area contributed by atoms with Crippen molar-refractivity contribution in [2.24, 2.45) is 17.8 Å². The third-order valence-electron chi connectivity index (χ3n) is 7.24. The van der Waals surface area contributed by atoms with E-state index < -0.39 is 11.0 Å².